The molecule has 0 fully saturated rings. The number of thioether (sulfide) groups is 1. The number of hydrogen-bond acceptors (Lipinski definition) is 6. The van der Waals surface area contributed by atoms with Crippen molar-refractivity contribution in [2.45, 2.75) is 12.1 Å². The molecule has 0 bridgehead atoms. The highest BCUT2D eigenvalue weighted by Gasteiger charge is 2.06. The smallest absolute Gasteiger partial charge is 0.230 e. The lowest BCUT2D eigenvalue weighted by molar-refractivity contribution is -0.118. The van der Waals surface area contributed by atoms with Gasteiger partial charge in [-0.1, -0.05) is 11.8 Å². The lowest BCUT2D eigenvalue weighted by Crippen LogP contribution is -2.30. The van der Waals surface area contributed by atoms with E-state index in [9.17, 15) is 4.79 Å². The highest BCUT2D eigenvalue weighted by atomic mass is 32.2. The zero-order valence-electron chi connectivity index (χ0n) is 12.0. The second-order valence-electron chi connectivity index (χ2n) is 4.48. The van der Waals surface area contributed by atoms with Crippen LogP contribution in [0.5, 0.6) is 0 Å². The van der Waals surface area contributed by atoms with E-state index in [-0.39, 0.29) is 5.91 Å². The molecule has 0 spiro atoms. The SMILES string of the molecule is Cc1cnccc1NCCNC(=O)CSc1nncn1C. The van der Waals surface area contributed by atoms with Crippen molar-refractivity contribution in [3.63, 3.8) is 0 Å². The zero-order valence-corrected chi connectivity index (χ0v) is 12.9. The molecule has 21 heavy (non-hydrogen) atoms. The van der Waals surface area contributed by atoms with E-state index in [0.29, 0.717) is 18.8 Å². The molecule has 112 valence electrons. The maximum Gasteiger partial charge on any atom is 0.230 e. The van der Waals surface area contributed by atoms with Crippen LogP contribution >= 0.6 is 11.8 Å². The summed E-state index contributed by atoms with van der Waals surface area (Å²) < 4.78 is 1.78. The molecule has 0 radical (unpaired) electrons. The number of amides is 1. The second-order valence-corrected chi connectivity index (χ2v) is 5.42. The van der Waals surface area contributed by atoms with Crippen molar-refractivity contribution in [3.8, 4) is 0 Å². The van der Waals surface area contributed by atoms with Crippen LogP contribution in [0, 0.1) is 6.92 Å². The Hall–Kier alpha value is -2.09. The molecule has 0 saturated carbocycles. The maximum atomic E-state index is 11.7. The molecule has 2 rings (SSSR count). The van der Waals surface area contributed by atoms with Gasteiger partial charge in [-0.3, -0.25) is 9.78 Å². The number of aryl methyl sites for hydroxylation is 2. The van der Waals surface area contributed by atoms with Crippen molar-refractivity contribution in [1.82, 2.24) is 25.1 Å². The molecule has 0 aliphatic heterocycles. The van der Waals surface area contributed by atoms with Crippen molar-refractivity contribution in [2.75, 3.05) is 24.2 Å². The highest BCUT2D eigenvalue weighted by molar-refractivity contribution is 7.99. The van der Waals surface area contributed by atoms with Crippen LogP contribution in [0.15, 0.2) is 29.9 Å². The van der Waals surface area contributed by atoms with Crippen LogP contribution in [0.3, 0.4) is 0 Å². The topological polar surface area (TPSA) is 84.7 Å². The lowest BCUT2D eigenvalue weighted by atomic mass is 10.2. The second kappa shape index (κ2) is 7.63. The molecule has 0 aliphatic carbocycles. The van der Waals surface area contributed by atoms with Crippen LogP contribution in [0.4, 0.5) is 5.69 Å². The number of anilines is 1. The largest absolute Gasteiger partial charge is 0.383 e. The normalized spacial score (nSPS) is 10.4. The third kappa shape index (κ3) is 4.75. The van der Waals surface area contributed by atoms with Gasteiger partial charge < -0.3 is 15.2 Å². The Kier molecular flexibility index (Phi) is 5.56. The molecule has 2 heterocycles. The fourth-order valence-electron chi connectivity index (χ4n) is 1.66. The minimum Gasteiger partial charge on any atom is -0.383 e. The van der Waals surface area contributed by atoms with Crippen LogP contribution in [-0.2, 0) is 11.8 Å². The minimum atomic E-state index is -0.0174. The van der Waals surface area contributed by atoms with Crippen LogP contribution in [0.1, 0.15) is 5.56 Å². The Morgan fingerprint density at radius 1 is 1.43 bits per heavy atom. The summed E-state index contributed by atoms with van der Waals surface area (Å²) in [7, 11) is 1.85. The molecule has 8 heteroatoms. The van der Waals surface area contributed by atoms with E-state index in [1.54, 1.807) is 23.3 Å². The van der Waals surface area contributed by atoms with Gasteiger partial charge in [0.2, 0.25) is 5.91 Å². The van der Waals surface area contributed by atoms with Crippen molar-refractivity contribution in [3.05, 3.63) is 30.4 Å². The van der Waals surface area contributed by atoms with E-state index in [0.717, 1.165) is 16.4 Å². The number of rotatable bonds is 7. The first-order valence-electron chi connectivity index (χ1n) is 6.55. The zero-order chi connectivity index (χ0) is 15.1. The standard InChI is InChI=1S/C13H18N6OS/c1-10-7-14-4-3-11(10)15-5-6-16-12(20)8-21-13-18-17-9-19(13)2/h3-4,7,9H,5-6,8H2,1-2H3,(H,14,15)(H,16,20). The summed E-state index contributed by atoms with van der Waals surface area (Å²) in [5.74, 6) is 0.317. The molecule has 0 atom stereocenters. The summed E-state index contributed by atoms with van der Waals surface area (Å²) in [6.07, 6.45) is 5.16. The summed E-state index contributed by atoms with van der Waals surface area (Å²) >= 11 is 1.37. The molecule has 0 unspecified atom stereocenters. The van der Waals surface area contributed by atoms with Gasteiger partial charge >= 0.3 is 0 Å². The summed E-state index contributed by atoms with van der Waals surface area (Å²) in [5, 5.41) is 14.5. The average molecular weight is 306 g/mol. The summed E-state index contributed by atoms with van der Waals surface area (Å²) in [4.78, 5) is 15.7. The third-order valence-electron chi connectivity index (χ3n) is 2.79. The van der Waals surface area contributed by atoms with Gasteiger partial charge in [-0.25, -0.2) is 0 Å². The first-order chi connectivity index (χ1) is 10.2. The number of carbonyl (C=O) groups excluding carboxylic acids is 1. The fourth-order valence-corrected chi connectivity index (χ4v) is 2.37. The number of carbonyl (C=O) groups is 1. The van der Waals surface area contributed by atoms with E-state index in [2.05, 4.69) is 25.8 Å². The lowest BCUT2D eigenvalue weighted by Gasteiger charge is -2.09. The van der Waals surface area contributed by atoms with E-state index in [1.807, 2.05) is 20.0 Å². The van der Waals surface area contributed by atoms with Crippen LogP contribution < -0.4 is 10.6 Å². The summed E-state index contributed by atoms with van der Waals surface area (Å²) in [5.41, 5.74) is 2.12. The van der Waals surface area contributed by atoms with Crippen molar-refractivity contribution >= 4 is 23.4 Å². The van der Waals surface area contributed by atoms with Gasteiger partial charge in [-0.2, -0.15) is 0 Å². The molecule has 7 nitrogen and oxygen atoms in total. The van der Waals surface area contributed by atoms with Crippen LogP contribution in [0.25, 0.3) is 0 Å². The first-order valence-corrected chi connectivity index (χ1v) is 7.53. The third-order valence-corrected chi connectivity index (χ3v) is 3.82. The van der Waals surface area contributed by atoms with Crippen LogP contribution in [0.2, 0.25) is 0 Å². The minimum absolute atomic E-state index is 0.0174. The monoisotopic (exact) mass is 306 g/mol. The Labute approximate surface area is 127 Å². The van der Waals surface area contributed by atoms with Gasteiger partial charge in [0.1, 0.15) is 6.33 Å². The van der Waals surface area contributed by atoms with Gasteiger partial charge in [0.05, 0.1) is 5.75 Å². The molecule has 0 saturated heterocycles. The summed E-state index contributed by atoms with van der Waals surface area (Å²) in [6, 6.07) is 1.92. The quantitative estimate of drug-likeness (QED) is 0.582. The van der Waals surface area contributed by atoms with Gasteiger partial charge in [0.25, 0.3) is 0 Å². The van der Waals surface area contributed by atoms with Gasteiger partial charge in [0, 0.05) is 38.2 Å². The predicted octanol–water partition coefficient (Wildman–Crippen LogP) is 0.839. The van der Waals surface area contributed by atoms with Gasteiger partial charge in [-0.15, -0.1) is 10.2 Å². The molecule has 2 N–H and O–H groups in total. The first kappa shape index (κ1) is 15.3. The number of nitrogens with one attached hydrogen (secondary N) is 2. The molecule has 2 aromatic rings. The Balaban J connectivity index is 1.63. The maximum absolute atomic E-state index is 11.7. The van der Waals surface area contributed by atoms with Crippen LogP contribution in [-0.4, -0.2) is 44.5 Å². The number of hydrogen-bond donors (Lipinski definition) is 2. The van der Waals surface area contributed by atoms with E-state index < -0.39 is 0 Å². The van der Waals surface area contributed by atoms with E-state index >= 15 is 0 Å². The van der Waals surface area contributed by atoms with Gasteiger partial charge in [0.15, 0.2) is 5.16 Å². The van der Waals surface area contributed by atoms with Crippen molar-refractivity contribution in [1.29, 1.82) is 0 Å². The average Bonchev–Trinajstić information content (AvgIpc) is 2.88. The molecule has 1 amide bonds. The number of pyridine rings is 1. The molecule has 0 aliphatic rings. The van der Waals surface area contributed by atoms with Crippen molar-refractivity contribution in [2.24, 2.45) is 7.05 Å². The summed E-state index contributed by atoms with van der Waals surface area (Å²) in [6.45, 7) is 3.23. The van der Waals surface area contributed by atoms with E-state index in [4.69, 9.17) is 0 Å². The molecule has 2 aromatic heterocycles. The van der Waals surface area contributed by atoms with Gasteiger partial charge in [-0.05, 0) is 18.6 Å². The highest BCUT2D eigenvalue weighted by Crippen LogP contribution is 2.12. The number of nitrogens with zero attached hydrogens (tertiary/aromatic N) is 4. The fraction of sp³-hybridized carbons (Fsp3) is 0.385. The Bertz CT molecular complexity index is 600. The molecular formula is C13H18N6OS. The number of aromatic nitrogens is 4. The Morgan fingerprint density at radius 2 is 2.29 bits per heavy atom. The molecule has 0 aromatic carbocycles. The predicted molar refractivity (Wildman–Crippen MR) is 82.2 cm³/mol. The van der Waals surface area contributed by atoms with Crippen molar-refractivity contribution < 1.29 is 4.79 Å². The molecular weight excluding hydrogens is 288 g/mol. The van der Waals surface area contributed by atoms with E-state index in [1.165, 1.54) is 11.8 Å². The Morgan fingerprint density at radius 3 is 3.00 bits per heavy atom.